The lowest BCUT2D eigenvalue weighted by atomic mass is 9.91. The average molecular weight is 338 g/mol. The molecule has 128 valence electrons. The molecule has 23 heavy (non-hydrogen) atoms. The summed E-state index contributed by atoms with van der Waals surface area (Å²) >= 11 is 0. The Bertz CT molecular complexity index is 630. The van der Waals surface area contributed by atoms with Crippen LogP contribution in [0.15, 0.2) is 24.3 Å². The van der Waals surface area contributed by atoms with Crippen LogP contribution in [-0.4, -0.2) is 44.0 Å². The van der Waals surface area contributed by atoms with Crippen molar-refractivity contribution in [1.82, 2.24) is 9.62 Å². The summed E-state index contributed by atoms with van der Waals surface area (Å²) in [6, 6.07) is 7.84. The van der Waals surface area contributed by atoms with Gasteiger partial charge in [0.1, 0.15) is 0 Å². The molecule has 0 spiro atoms. The minimum absolute atomic E-state index is 0.0481. The van der Waals surface area contributed by atoms with Crippen LogP contribution in [0.2, 0.25) is 0 Å². The Kier molecular flexibility index (Phi) is 5.81. The minimum Gasteiger partial charge on any atom is -0.350 e. The van der Waals surface area contributed by atoms with Crippen molar-refractivity contribution in [2.24, 2.45) is 5.92 Å². The SMILES string of the molecule is CC(C)NC(=O)c1ccc(CC2CCN(S(C)(=O)=O)CC2)cc1. The Labute approximate surface area is 139 Å². The molecule has 0 aliphatic carbocycles. The molecule has 0 bridgehead atoms. The molecule has 1 amide bonds. The topological polar surface area (TPSA) is 66.5 Å². The van der Waals surface area contributed by atoms with Crippen molar-refractivity contribution >= 4 is 15.9 Å². The summed E-state index contributed by atoms with van der Waals surface area (Å²) in [5, 5.41) is 2.88. The molecule has 0 unspecified atom stereocenters. The summed E-state index contributed by atoms with van der Waals surface area (Å²) in [5.41, 5.74) is 1.87. The monoisotopic (exact) mass is 338 g/mol. The lowest BCUT2D eigenvalue weighted by molar-refractivity contribution is 0.0943. The Morgan fingerprint density at radius 2 is 1.78 bits per heavy atom. The maximum atomic E-state index is 11.9. The molecule has 1 heterocycles. The van der Waals surface area contributed by atoms with Crippen molar-refractivity contribution < 1.29 is 13.2 Å². The van der Waals surface area contributed by atoms with Gasteiger partial charge in [-0.2, -0.15) is 0 Å². The number of hydrogen-bond acceptors (Lipinski definition) is 3. The number of rotatable bonds is 5. The highest BCUT2D eigenvalue weighted by molar-refractivity contribution is 7.88. The van der Waals surface area contributed by atoms with E-state index in [0.29, 0.717) is 24.6 Å². The Hall–Kier alpha value is -1.40. The van der Waals surface area contributed by atoms with Crippen molar-refractivity contribution in [1.29, 1.82) is 0 Å². The summed E-state index contributed by atoms with van der Waals surface area (Å²) in [6.07, 6.45) is 3.99. The van der Waals surface area contributed by atoms with E-state index in [4.69, 9.17) is 0 Å². The van der Waals surface area contributed by atoms with Gasteiger partial charge in [-0.3, -0.25) is 4.79 Å². The quantitative estimate of drug-likeness (QED) is 0.893. The lowest BCUT2D eigenvalue weighted by Crippen LogP contribution is -2.38. The van der Waals surface area contributed by atoms with Crippen LogP contribution in [-0.2, 0) is 16.4 Å². The van der Waals surface area contributed by atoms with Crippen LogP contribution in [0.4, 0.5) is 0 Å². The fourth-order valence-corrected chi connectivity index (χ4v) is 3.79. The van der Waals surface area contributed by atoms with Gasteiger partial charge >= 0.3 is 0 Å². The second kappa shape index (κ2) is 7.45. The molecule has 1 aromatic rings. The van der Waals surface area contributed by atoms with Crippen molar-refractivity contribution in [3.8, 4) is 0 Å². The van der Waals surface area contributed by atoms with E-state index in [1.54, 1.807) is 4.31 Å². The zero-order chi connectivity index (χ0) is 17.0. The van der Waals surface area contributed by atoms with Crippen molar-refractivity contribution in [3.05, 3.63) is 35.4 Å². The van der Waals surface area contributed by atoms with E-state index in [0.717, 1.165) is 19.3 Å². The van der Waals surface area contributed by atoms with Crippen molar-refractivity contribution in [2.75, 3.05) is 19.3 Å². The van der Waals surface area contributed by atoms with E-state index in [2.05, 4.69) is 5.32 Å². The largest absolute Gasteiger partial charge is 0.350 e. The Morgan fingerprint density at radius 3 is 2.26 bits per heavy atom. The molecule has 5 nitrogen and oxygen atoms in total. The predicted molar refractivity (Wildman–Crippen MR) is 91.9 cm³/mol. The van der Waals surface area contributed by atoms with E-state index < -0.39 is 10.0 Å². The van der Waals surface area contributed by atoms with Crippen LogP contribution in [0.3, 0.4) is 0 Å². The summed E-state index contributed by atoms with van der Waals surface area (Å²) in [5.74, 6) is 0.455. The van der Waals surface area contributed by atoms with Gasteiger partial charge in [0.15, 0.2) is 0 Å². The van der Waals surface area contributed by atoms with E-state index in [1.807, 2.05) is 38.1 Å². The van der Waals surface area contributed by atoms with Crippen LogP contribution in [0, 0.1) is 5.92 Å². The van der Waals surface area contributed by atoms with Gasteiger partial charge in [0.05, 0.1) is 6.26 Å². The molecule has 1 aliphatic heterocycles. The standard InChI is InChI=1S/C17H26N2O3S/c1-13(2)18-17(20)16-6-4-14(5-7-16)12-15-8-10-19(11-9-15)23(3,21)22/h4-7,13,15H,8-12H2,1-3H3,(H,18,20). The van der Waals surface area contributed by atoms with E-state index in [-0.39, 0.29) is 11.9 Å². The number of hydrogen-bond donors (Lipinski definition) is 1. The highest BCUT2D eigenvalue weighted by Crippen LogP contribution is 2.23. The fourth-order valence-electron chi connectivity index (χ4n) is 2.92. The lowest BCUT2D eigenvalue weighted by Gasteiger charge is -2.30. The molecule has 1 aromatic carbocycles. The second-order valence-corrected chi connectivity index (χ2v) is 8.62. The molecule has 1 saturated heterocycles. The number of benzene rings is 1. The van der Waals surface area contributed by atoms with Crippen LogP contribution < -0.4 is 5.32 Å². The van der Waals surface area contributed by atoms with Crippen LogP contribution in [0.25, 0.3) is 0 Å². The molecule has 1 fully saturated rings. The van der Waals surface area contributed by atoms with Crippen LogP contribution in [0.5, 0.6) is 0 Å². The highest BCUT2D eigenvalue weighted by Gasteiger charge is 2.24. The van der Waals surface area contributed by atoms with Gasteiger partial charge in [-0.05, 0) is 56.7 Å². The summed E-state index contributed by atoms with van der Waals surface area (Å²) < 4.78 is 24.6. The van der Waals surface area contributed by atoms with E-state index in [1.165, 1.54) is 11.8 Å². The minimum atomic E-state index is -3.06. The number of sulfonamides is 1. The zero-order valence-corrected chi connectivity index (χ0v) is 14.9. The summed E-state index contributed by atoms with van der Waals surface area (Å²) in [7, 11) is -3.06. The number of amides is 1. The van der Waals surface area contributed by atoms with Gasteiger partial charge in [-0.1, -0.05) is 12.1 Å². The van der Waals surface area contributed by atoms with Gasteiger partial charge < -0.3 is 5.32 Å². The maximum Gasteiger partial charge on any atom is 0.251 e. The Balaban J connectivity index is 1.89. The Morgan fingerprint density at radius 1 is 1.22 bits per heavy atom. The first-order valence-corrected chi connectivity index (χ1v) is 9.95. The van der Waals surface area contributed by atoms with Crippen LogP contribution >= 0.6 is 0 Å². The van der Waals surface area contributed by atoms with E-state index in [9.17, 15) is 13.2 Å². The van der Waals surface area contributed by atoms with E-state index >= 15 is 0 Å². The molecule has 0 atom stereocenters. The zero-order valence-electron chi connectivity index (χ0n) is 14.1. The molecule has 6 heteroatoms. The predicted octanol–water partition coefficient (Wildman–Crippen LogP) is 2.04. The third kappa shape index (κ3) is 5.32. The molecule has 0 aromatic heterocycles. The summed E-state index contributed by atoms with van der Waals surface area (Å²) in [4.78, 5) is 11.9. The molecule has 2 rings (SSSR count). The second-order valence-electron chi connectivity index (χ2n) is 6.63. The normalized spacial score (nSPS) is 17.4. The van der Waals surface area contributed by atoms with Gasteiger partial charge in [0.25, 0.3) is 5.91 Å². The smallest absolute Gasteiger partial charge is 0.251 e. The molecular weight excluding hydrogens is 312 g/mol. The highest BCUT2D eigenvalue weighted by atomic mass is 32.2. The first-order valence-electron chi connectivity index (χ1n) is 8.10. The van der Waals surface area contributed by atoms with Crippen LogP contribution in [0.1, 0.15) is 42.6 Å². The summed E-state index contributed by atoms with van der Waals surface area (Å²) in [6.45, 7) is 5.10. The van der Waals surface area contributed by atoms with Gasteiger partial charge in [-0.15, -0.1) is 0 Å². The van der Waals surface area contributed by atoms with Crippen molar-refractivity contribution in [2.45, 2.75) is 39.2 Å². The molecule has 1 N–H and O–H groups in total. The molecule has 0 saturated carbocycles. The number of carbonyl (C=O) groups excluding carboxylic acids is 1. The first-order chi connectivity index (χ1) is 10.8. The van der Waals surface area contributed by atoms with Gasteiger partial charge in [0, 0.05) is 24.7 Å². The number of nitrogens with one attached hydrogen (secondary N) is 1. The average Bonchev–Trinajstić information content (AvgIpc) is 2.47. The fraction of sp³-hybridized carbons (Fsp3) is 0.588. The third-order valence-electron chi connectivity index (χ3n) is 4.20. The van der Waals surface area contributed by atoms with Gasteiger partial charge in [-0.25, -0.2) is 12.7 Å². The number of nitrogens with zero attached hydrogens (tertiary/aromatic N) is 1. The molecule has 0 radical (unpaired) electrons. The number of carbonyl (C=O) groups is 1. The van der Waals surface area contributed by atoms with Crippen molar-refractivity contribution in [3.63, 3.8) is 0 Å². The maximum absolute atomic E-state index is 11.9. The third-order valence-corrected chi connectivity index (χ3v) is 5.51. The van der Waals surface area contributed by atoms with Gasteiger partial charge in [0.2, 0.25) is 10.0 Å². The molecule has 1 aliphatic rings. The number of piperidine rings is 1. The first kappa shape index (κ1) is 17.9. The molecular formula is C17H26N2O3S.